The van der Waals surface area contributed by atoms with Crippen LogP contribution >= 0.6 is 0 Å². The fourth-order valence-corrected chi connectivity index (χ4v) is 2.30. The molecule has 2 N–H and O–H groups in total. The second-order valence-corrected chi connectivity index (χ2v) is 4.68. The minimum atomic E-state index is -0.408. The van der Waals surface area contributed by atoms with Gasteiger partial charge < -0.3 is 4.74 Å². The molecule has 1 fully saturated rings. The number of nitrogens with one attached hydrogen (secondary N) is 2. The molecular formula is C15H16N2O2. The van der Waals surface area contributed by atoms with Crippen LogP contribution in [0, 0.1) is 0 Å². The Labute approximate surface area is 111 Å². The number of amides is 1. The Morgan fingerprint density at radius 1 is 1.21 bits per heavy atom. The van der Waals surface area contributed by atoms with Crippen LogP contribution < -0.4 is 10.6 Å². The second kappa shape index (κ2) is 5.28. The molecule has 1 aliphatic heterocycles. The average Bonchev–Trinajstić information content (AvgIpc) is 2.91. The maximum Gasteiger partial charge on any atom is 0.413 e. The van der Waals surface area contributed by atoms with Gasteiger partial charge in [-0.1, -0.05) is 30.3 Å². The molecule has 1 saturated heterocycles. The number of hydrogen-bond acceptors (Lipinski definition) is 3. The smallest absolute Gasteiger partial charge is 0.413 e. The molecule has 3 rings (SSSR count). The van der Waals surface area contributed by atoms with Gasteiger partial charge in [0, 0.05) is 5.69 Å². The van der Waals surface area contributed by atoms with E-state index in [1.54, 1.807) is 0 Å². The number of ether oxygens (including phenoxy) is 1. The standard InChI is InChI=1S/C15H16N2O2/c18-15(19-14-6-3-9-16-14)17-13-8-7-11-4-1-2-5-12(11)10-13/h1-2,4-5,7-8,10,14,16H,3,6,9H2,(H,17,18). The highest BCUT2D eigenvalue weighted by molar-refractivity contribution is 5.91. The van der Waals surface area contributed by atoms with Gasteiger partial charge in [0.1, 0.15) is 0 Å². The van der Waals surface area contributed by atoms with Crippen LogP contribution in [0.4, 0.5) is 10.5 Å². The van der Waals surface area contributed by atoms with Gasteiger partial charge in [-0.05, 0) is 42.3 Å². The second-order valence-electron chi connectivity index (χ2n) is 4.68. The van der Waals surface area contributed by atoms with Crippen LogP contribution in [0.25, 0.3) is 10.8 Å². The molecule has 98 valence electrons. The summed E-state index contributed by atoms with van der Waals surface area (Å²) in [5.41, 5.74) is 0.752. The Kier molecular flexibility index (Phi) is 3.33. The molecule has 1 amide bonds. The lowest BCUT2D eigenvalue weighted by Gasteiger charge is -2.13. The van der Waals surface area contributed by atoms with Crippen LogP contribution in [0.3, 0.4) is 0 Å². The first-order valence-corrected chi connectivity index (χ1v) is 6.51. The summed E-state index contributed by atoms with van der Waals surface area (Å²) < 4.78 is 5.27. The van der Waals surface area contributed by atoms with E-state index in [0.717, 1.165) is 35.8 Å². The molecule has 0 aromatic heterocycles. The van der Waals surface area contributed by atoms with Gasteiger partial charge in [0.2, 0.25) is 0 Å². The van der Waals surface area contributed by atoms with Gasteiger partial charge in [-0.2, -0.15) is 0 Å². The van der Waals surface area contributed by atoms with Gasteiger partial charge >= 0.3 is 6.09 Å². The van der Waals surface area contributed by atoms with Crippen molar-refractivity contribution >= 4 is 22.6 Å². The van der Waals surface area contributed by atoms with Crippen molar-refractivity contribution in [3.8, 4) is 0 Å². The first-order chi connectivity index (χ1) is 9.31. The minimum absolute atomic E-state index is 0.152. The summed E-state index contributed by atoms with van der Waals surface area (Å²) in [5.74, 6) is 0. The van der Waals surface area contributed by atoms with Gasteiger partial charge in [-0.3, -0.25) is 10.6 Å². The molecule has 2 aromatic rings. The molecule has 4 nitrogen and oxygen atoms in total. The molecule has 0 spiro atoms. The quantitative estimate of drug-likeness (QED) is 0.868. The van der Waals surface area contributed by atoms with E-state index in [4.69, 9.17) is 4.74 Å². The molecule has 0 aliphatic carbocycles. The van der Waals surface area contributed by atoms with Gasteiger partial charge in [-0.15, -0.1) is 0 Å². The predicted molar refractivity (Wildman–Crippen MR) is 75.1 cm³/mol. The number of hydrogen-bond donors (Lipinski definition) is 2. The van der Waals surface area contributed by atoms with E-state index in [9.17, 15) is 4.79 Å². The van der Waals surface area contributed by atoms with E-state index in [2.05, 4.69) is 10.6 Å². The van der Waals surface area contributed by atoms with Crippen molar-refractivity contribution in [3.63, 3.8) is 0 Å². The average molecular weight is 256 g/mol. The summed E-state index contributed by atoms with van der Waals surface area (Å²) in [7, 11) is 0. The number of anilines is 1. The highest BCUT2D eigenvalue weighted by atomic mass is 16.6. The minimum Gasteiger partial charge on any atom is -0.430 e. The number of rotatable bonds is 2. The molecule has 4 heteroatoms. The van der Waals surface area contributed by atoms with Crippen LogP contribution in [0.5, 0.6) is 0 Å². The van der Waals surface area contributed by atoms with Crippen molar-refractivity contribution in [1.82, 2.24) is 5.32 Å². The number of carbonyl (C=O) groups excluding carboxylic acids is 1. The van der Waals surface area contributed by atoms with Crippen molar-refractivity contribution < 1.29 is 9.53 Å². The summed E-state index contributed by atoms with van der Waals surface area (Å²) in [6, 6.07) is 13.8. The molecule has 19 heavy (non-hydrogen) atoms. The maximum atomic E-state index is 11.7. The van der Waals surface area contributed by atoms with E-state index < -0.39 is 6.09 Å². The largest absolute Gasteiger partial charge is 0.430 e. The van der Waals surface area contributed by atoms with Gasteiger partial charge in [0.05, 0.1) is 0 Å². The Hall–Kier alpha value is -2.07. The third kappa shape index (κ3) is 2.85. The van der Waals surface area contributed by atoms with Crippen LogP contribution in [-0.4, -0.2) is 18.9 Å². The molecule has 1 heterocycles. The van der Waals surface area contributed by atoms with E-state index in [1.807, 2.05) is 42.5 Å². The Morgan fingerprint density at radius 2 is 2.05 bits per heavy atom. The molecule has 1 aliphatic rings. The fraction of sp³-hybridized carbons (Fsp3) is 0.267. The van der Waals surface area contributed by atoms with Crippen LogP contribution in [0.15, 0.2) is 42.5 Å². The summed E-state index contributed by atoms with van der Waals surface area (Å²) in [6.45, 7) is 0.911. The van der Waals surface area contributed by atoms with Gasteiger partial charge in [0.25, 0.3) is 0 Å². The molecule has 2 aromatic carbocycles. The molecule has 1 unspecified atom stereocenters. The zero-order valence-electron chi connectivity index (χ0n) is 10.6. The van der Waals surface area contributed by atoms with Crippen LogP contribution in [-0.2, 0) is 4.74 Å². The third-order valence-electron chi connectivity index (χ3n) is 3.26. The van der Waals surface area contributed by atoms with E-state index in [0.29, 0.717) is 0 Å². The lowest BCUT2D eigenvalue weighted by atomic mass is 10.1. The number of carbonyl (C=O) groups is 1. The first-order valence-electron chi connectivity index (χ1n) is 6.51. The molecule has 0 bridgehead atoms. The highest BCUT2D eigenvalue weighted by Gasteiger charge is 2.18. The fourth-order valence-electron chi connectivity index (χ4n) is 2.30. The Balaban J connectivity index is 1.68. The summed E-state index contributed by atoms with van der Waals surface area (Å²) in [6.07, 6.45) is 1.37. The third-order valence-corrected chi connectivity index (χ3v) is 3.26. The van der Waals surface area contributed by atoms with E-state index in [-0.39, 0.29) is 6.23 Å². The predicted octanol–water partition coefficient (Wildman–Crippen LogP) is 3.10. The Bertz CT molecular complexity index is 591. The summed E-state index contributed by atoms with van der Waals surface area (Å²) in [4.78, 5) is 11.7. The number of benzene rings is 2. The van der Waals surface area contributed by atoms with Crippen molar-refractivity contribution in [2.45, 2.75) is 19.1 Å². The van der Waals surface area contributed by atoms with Crippen molar-refractivity contribution in [2.24, 2.45) is 0 Å². The van der Waals surface area contributed by atoms with Crippen molar-refractivity contribution in [2.75, 3.05) is 11.9 Å². The van der Waals surface area contributed by atoms with Gasteiger partial charge in [-0.25, -0.2) is 4.79 Å². The zero-order chi connectivity index (χ0) is 13.1. The maximum absolute atomic E-state index is 11.7. The molecule has 1 atom stereocenters. The highest BCUT2D eigenvalue weighted by Crippen LogP contribution is 2.19. The van der Waals surface area contributed by atoms with Crippen LogP contribution in [0.1, 0.15) is 12.8 Å². The molecule has 0 saturated carbocycles. The summed E-state index contributed by atoms with van der Waals surface area (Å²) >= 11 is 0. The van der Waals surface area contributed by atoms with E-state index in [1.165, 1.54) is 0 Å². The summed E-state index contributed by atoms with van der Waals surface area (Å²) in [5, 5.41) is 8.13. The van der Waals surface area contributed by atoms with Crippen molar-refractivity contribution in [3.05, 3.63) is 42.5 Å². The monoisotopic (exact) mass is 256 g/mol. The van der Waals surface area contributed by atoms with Crippen molar-refractivity contribution in [1.29, 1.82) is 0 Å². The van der Waals surface area contributed by atoms with Crippen LogP contribution in [0.2, 0.25) is 0 Å². The van der Waals surface area contributed by atoms with E-state index >= 15 is 0 Å². The SMILES string of the molecule is O=C(Nc1ccc2ccccc2c1)OC1CCCN1. The number of fused-ring (bicyclic) bond motifs is 1. The molecular weight excluding hydrogens is 240 g/mol. The topological polar surface area (TPSA) is 50.4 Å². The lowest BCUT2D eigenvalue weighted by molar-refractivity contribution is 0.102. The normalized spacial score (nSPS) is 18.4. The first kappa shape index (κ1) is 12.0. The zero-order valence-corrected chi connectivity index (χ0v) is 10.6. The molecule has 0 radical (unpaired) electrons. The van der Waals surface area contributed by atoms with Gasteiger partial charge in [0.15, 0.2) is 6.23 Å². The lowest BCUT2D eigenvalue weighted by Crippen LogP contribution is -2.29. The Morgan fingerprint density at radius 3 is 2.84 bits per heavy atom.